The van der Waals surface area contributed by atoms with E-state index < -0.39 is 0 Å². The van der Waals surface area contributed by atoms with Gasteiger partial charge in [0.2, 0.25) is 0 Å². The van der Waals surface area contributed by atoms with Gasteiger partial charge in [0.15, 0.2) is 5.69 Å². The number of nitrogens with zero attached hydrogens (tertiary/aromatic N) is 2. The number of rotatable bonds is 11. The van der Waals surface area contributed by atoms with Crippen molar-refractivity contribution in [1.29, 1.82) is 0 Å². The molecular weight excluding hydrogens is 314 g/mol. The first-order chi connectivity index (χ1) is 11.8. The molecule has 1 aromatic heterocycles. The first-order valence-corrected chi connectivity index (χ1v) is 9.86. The lowest BCUT2D eigenvalue weighted by Gasteiger charge is -2.46. The summed E-state index contributed by atoms with van der Waals surface area (Å²) in [6.45, 7) is 17.0. The van der Waals surface area contributed by atoms with Gasteiger partial charge in [-0.1, -0.05) is 39.3 Å². The first-order valence-electron chi connectivity index (χ1n) is 9.86. The van der Waals surface area contributed by atoms with Crippen LogP contribution in [-0.4, -0.2) is 40.6 Å². The second-order valence-electron chi connectivity index (χ2n) is 7.22. The van der Waals surface area contributed by atoms with Crippen molar-refractivity contribution in [3.63, 3.8) is 0 Å². The maximum absolute atomic E-state index is 12.7. The van der Waals surface area contributed by atoms with Gasteiger partial charge in [0.05, 0.1) is 0 Å². The Kier molecular flexibility index (Phi) is 8.63. The van der Waals surface area contributed by atoms with Crippen LogP contribution in [0.3, 0.4) is 0 Å². The second-order valence-corrected chi connectivity index (χ2v) is 7.22. The lowest BCUT2D eigenvalue weighted by Crippen LogP contribution is -2.59. The van der Waals surface area contributed by atoms with Crippen molar-refractivity contribution in [2.45, 2.75) is 92.2 Å². The highest BCUT2D eigenvalue weighted by Gasteiger charge is 2.37. The highest BCUT2D eigenvalue weighted by Crippen LogP contribution is 2.27. The number of nitrogens with one attached hydrogen (secondary N) is 1. The minimum absolute atomic E-state index is 0.0271. The number of amides is 1. The molecule has 0 saturated heterocycles. The van der Waals surface area contributed by atoms with Gasteiger partial charge in [-0.05, 0) is 53.1 Å². The molecule has 0 radical (unpaired) electrons. The molecule has 25 heavy (non-hydrogen) atoms. The van der Waals surface area contributed by atoms with E-state index in [4.69, 9.17) is 4.52 Å². The molecule has 0 fully saturated rings. The summed E-state index contributed by atoms with van der Waals surface area (Å²) in [6.07, 6.45) is 5.11. The lowest BCUT2D eigenvalue weighted by molar-refractivity contribution is 0.0544. The largest absolute Gasteiger partial charge is 0.360 e. The van der Waals surface area contributed by atoms with Crippen molar-refractivity contribution in [2.24, 2.45) is 0 Å². The Balaban J connectivity index is 2.98. The van der Waals surface area contributed by atoms with Crippen molar-refractivity contribution in [3.05, 3.63) is 17.0 Å². The van der Waals surface area contributed by atoms with Gasteiger partial charge < -0.3 is 9.84 Å². The molecule has 0 aliphatic rings. The van der Waals surface area contributed by atoms with Gasteiger partial charge in [0.25, 0.3) is 5.91 Å². The minimum atomic E-state index is -0.135. The zero-order valence-electron chi connectivity index (χ0n) is 17.2. The molecule has 1 heterocycles. The van der Waals surface area contributed by atoms with Crippen LogP contribution in [0.4, 0.5) is 0 Å². The Labute approximate surface area is 153 Å². The average molecular weight is 352 g/mol. The van der Waals surface area contributed by atoms with E-state index in [2.05, 4.69) is 50.0 Å². The Morgan fingerprint density at radius 2 is 1.80 bits per heavy atom. The summed E-state index contributed by atoms with van der Waals surface area (Å²) < 4.78 is 5.28. The van der Waals surface area contributed by atoms with Crippen molar-refractivity contribution >= 4 is 5.91 Å². The van der Waals surface area contributed by atoms with Crippen molar-refractivity contribution in [1.82, 2.24) is 15.4 Å². The van der Waals surface area contributed by atoms with Crippen LogP contribution in [0, 0.1) is 6.92 Å². The maximum Gasteiger partial charge on any atom is 0.274 e. The van der Waals surface area contributed by atoms with Crippen LogP contribution in [-0.2, 0) is 6.42 Å². The van der Waals surface area contributed by atoms with E-state index in [0.717, 1.165) is 56.5 Å². The fraction of sp³-hybridized carbons (Fsp3) is 0.800. The molecule has 2 atom stereocenters. The molecular formula is C20H37N3O2. The number of aromatic nitrogens is 1. The Morgan fingerprint density at radius 3 is 2.24 bits per heavy atom. The topological polar surface area (TPSA) is 58.4 Å². The number of aryl methyl sites for hydroxylation is 1. The summed E-state index contributed by atoms with van der Waals surface area (Å²) in [7, 11) is 0. The van der Waals surface area contributed by atoms with E-state index in [0.29, 0.717) is 5.69 Å². The summed E-state index contributed by atoms with van der Waals surface area (Å²) in [6, 6.07) is 0.0271. The van der Waals surface area contributed by atoms with Gasteiger partial charge in [-0.2, -0.15) is 0 Å². The van der Waals surface area contributed by atoms with Gasteiger partial charge in [-0.3, -0.25) is 9.69 Å². The Hall–Kier alpha value is -1.36. The van der Waals surface area contributed by atoms with Crippen LogP contribution in [0.5, 0.6) is 0 Å². The van der Waals surface area contributed by atoms with E-state index in [1.54, 1.807) is 0 Å². The fourth-order valence-corrected chi connectivity index (χ4v) is 3.65. The molecule has 5 nitrogen and oxygen atoms in total. The Morgan fingerprint density at radius 1 is 1.20 bits per heavy atom. The van der Waals surface area contributed by atoms with Crippen LogP contribution in [0.2, 0.25) is 0 Å². The van der Waals surface area contributed by atoms with Gasteiger partial charge in [0, 0.05) is 23.6 Å². The van der Waals surface area contributed by atoms with Gasteiger partial charge in [-0.15, -0.1) is 0 Å². The number of carbonyl (C=O) groups excluding carboxylic acids is 1. The summed E-state index contributed by atoms with van der Waals surface area (Å²) in [5.74, 6) is 0.649. The van der Waals surface area contributed by atoms with Crippen LogP contribution in [0.15, 0.2) is 4.52 Å². The molecule has 1 N–H and O–H groups in total. The zero-order chi connectivity index (χ0) is 19.0. The summed E-state index contributed by atoms with van der Waals surface area (Å²) in [5.41, 5.74) is 1.20. The quantitative estimate of drug-likeness (QED) is 0.644. The minimum Gasteiger partial charge on any atom is -0.360 e. The zero-order valence-corrected chi connectivity index (χ0v) is 17.2. The van der Waals surface area contributed by atoms with Gasteiger partial charge in [-0.25, -0.2) is 0 Å². The van der Waals surface area contributed by atoms with E-state index in [-0.39, 0.29) is 17.5 Å². The molecule has 144 valence electrons. The SMILES string of the molecule is CCCN(CCC)C(C)(CCC)C(C)NC(=O)c1noc(CC)c1C. The molecule has 0 saturated carbocycles. The number of carbonyl (C=O) groups is 1. The molecule has 2 unspecified atom stereocenters. The molecule has 1 aromatic rings. The van der Waals surface area contributed by atoms with Gasteiger partial charge >= 0.3 is 0 Å². The molecule has 5 heteroatoms. The Bertz CT molecular complexity index is 535. The van der Waals surface area contributed by atoms with Gasteiger partial charge in [0.1, 0.15) is 5.76 Å². The van der Waals surface area contributed by atoms with Crippen molar-refractivity contribution < 1.29 is 9.32 Å². The van der Waals surface area contributed by atoms with E-state index in [1.165, 1.54) is 0 Å². The second kappa shape index (κ2) is 9.95. The first kappa shape index (κ1) is 21.7. The van der Waals surface area contributed by atoms with Crippen LogP contribution in [0.25, 0.3) is 0 Å². The third-order valence-electron chi connectivity index (χ3n) is 5.30. The predicted octanol–water partition coefficient (Wildman–Crippen LogP) is 4.34. The highest BCUT2D eigenvalue weighted by atomic mass is 16.5. The standard InChI is InChI=1S/C20H37N3O2/c1-8-12-20(7,23(13-9-2)14-10-3)16(6)21-19(24)18-15(5)17(11-4)25-22-18/h16H,8-14H2,1-7H3,(H,21,24). The lowest BCUT2D eigenvalue weighted by atomic mass is 9.85. The maximum atomic E-state index is 12.7. The fourth-order valence-electron chi connectivity index (χ4n) is 3.65. The molecule has 0 aliphatic carbocycles. The monoisotopic (exact) mass is 351 g/mol. The van der Waals surface area contributed by atoms with Crippen LogP contribution in [0.1, 0.15) is 89.0 Å². The summed E-state index contributed by atoms with van der Waals surface area (Å²) in [5, 5.41) is 7.18. The number of hydrogen-bond donors (Lipinski definition) is 1. The number of hydrogen-bond acceptors (Lipinski definition) is 4. The van der Waals surface area contributed by atoms with Crippen molar-refractivity contribution in [2.75, 3.05) is 13.1 Å². The van der Waals surface area contributed by atoms with Crippen LogP contribution >= 0.6 is 0 Å². The normalized spacial score (nSPS) is 15.2. The van der Waals surface area contributed by atoms with E-state index in [9.17, 15) is 4.79 Å². The molecule has 0 aromatic carbocycles. The van der Waals surface area contributed by atoms with E-state index >= 15 is 0 Å². The smallest absolute Gasteiger partial charge is 0.274 e. The molecule has 0 aliphatic heterocycles. The molecule has 1 rings (SSSR count). The average Bonchev–Trinajstić information content (AvgIpc) is 2.95. The predicted molar refractivity (Wildman–Crippen MR) is 103 cm³/mol. The van der Waals surface area contributed by atoms with Crippen LogP contribution < -0.4 is 5.32 Å². The molecule has 0 spiro atoms. The summed E-state index contributed by atoms with van der Waals surface area (Å²) in [4.78, 5) is 15.3. The molecule has 1 amide bonds. The molecule has 0 bridgehead atoms. The third kappa shape index (κ3) is 5.06. The summed E-state index contributed by atoms with van der Waals surface area (Å²) >= 11 is 0. The third-order valence-corrected chi connectivity index (χ3v) is 5.30. The van der Waals surface area contributed by atoms with Crippen molar-refractivity contribution in [3.8, 4) is 0 Å². The highest BCUT2D eigenvalue weighted by molar-refractivity contribution is 5.93. The van der Waals surface area contributed by atoms with E-state index in [1.807, 2.05) is 13.8 Å².